The van der Waals surface area contributed by atoms with Crippen LogP contribution in [0.1, 0.15) is 29.7 Å². The van der Waals surface area contributed by atoms with E-state index in [2.05, 4.69) is 0 Å². The fraction of sp³-hybridized carbons (Fsp3) is 0.200. The van der Waals surface area contributed by atoms with E-state index >= 15 is 0 Å². The number of methoxy groups -OCH3 is 1. The van der Waals surface area contributed by atoms with Crippen LogP contribution in [0.5, 0.6) is 11.5 Å². The van der Waals surface area contributed by atoms with Crippen molar-refractivity contribution in [1.82, 2.24) is 4.90 Å². The van der Waals surface area contributed by atoms with E-state index in [1.165, 1.54) is 13.2 Å². The molecule has 0 saturated heterocycles. The van der Waals surface area contributed by atoms with Gasteiger partial charge >= 0.3 is 0 Å². The lowest BCUT2D eigenvalue weighted by Gasteiger charge is -2.27. The number of carbonyl (C=O) groups excluding carboxylic acids is 2. The van der Waals surface area contributed by atoms with Gasteiger partial charge in [0.1, 0.15) is 0 Å². The Morgan fingerprint density at radius 1 is 1.00 bits per heavy atom. The molecule has 36 heavy (non-hydrogen) atoms. The SMILES string of the molecule is CCOc1ccc(C2C(C(=O)/C=C/c3ccccc3)=C(O)C(=O)N2CCc2ccccc2)cc1OC. The molecule has 0 saturated carbocycles. The highest BCUT2D eigenvalue weighted by Crippen LogP contribution is 2.41. The van der Waals surface area contributed by atoms with E-state index in [9.17, 15) is 14.7 Å². The molecule has 4 rings (SSSR count). The molecule has 6 heteroatoms. The van der Waals surface area contributed by atoms with E-state index < -0.39 is 23.5 Å². The third-order valence-corrected chi connectivity index (χ3v) is 6.08. The Balaban J connectivity index is 1.71. The predicted octanol–water partition coefficient (Wildman–Crippen LogP) is 5.31. The highest BCUT2D eigenvalue weighted by molar-refractivity contribution is 6.14. The molecular formula is C30H29NO5. The summed E-state index contributed by atoms with van der Waals surface area (Å²) in [6.45, 7) is 2.67. The number of ketones is 1. The lowest BCUT2D eigenvalue weighted by molar-refractivity contribution is -0.129. The number of hydrogen-bond donors (Lipinski definition) is 1. The fourth-order valence-electron chi connectivity index (χ4n) is 4.33. The molecule has 0 aliphatic carbocycles. The zero-order valence-electron chi connectivity index (χ0n) is 20.4. The van der Waals surface area contributed by atoms with Gasteiger partial charge in [-0.3, -0.25) is 9.59 Å². The first-order valence-electron chi connectivity index (χ1n) is 11.9. The minimum Gasteiger partial charge on any atom is -0.503 e. The van der Waals surface area contributed by atoms with Crippen LogP contribution < -0.4 is 9.47 Å². The molecule has 3 aromatic rings. The normalized spacial score (nSPS) is 15.6. The van der Waals surface area contributed by atoms with Crippen LogP contribution in [0.3, 0.4) is 0 Å². The summed E-state index contributed by atoms with van der Waals surface area (Å²) in [6, 6.07) is 23.7. The Bertz CT molecular complexity index is 1280. The zero-order chi connectivity index (χ0) is 25.5. The predicted molar refractivity (Wildman–Crippen MR) is 139 cm³/mol. The van der Waals surface area contributed by atoms with Crippen LogP contribution in [0.15, 0.2) is 96.3 Å². The van der Waals surface area contributed by atoms with Gasteiger partial charge in [-0.05, 0) is 48.2 Å². The molecule has 0 aromatic heterocycles. The molecule has 1 heterocycles. The molecule has 3 aromatic carbocycles. The van der Waals surface area contributed by atoms with Crippen molar-refractivity contribution in [3.63, 3.8) is 0 Å². The average molecular weight is 484 g/mol. The summed E-state index contributed by atoms with van der Waals surface area (Å²) in [5.41, 5.74) is 2.59. The number of hydrogen-bond acceptors (Lipinski definition) is 5. The smallest absolute Gasteiger partial charge is 0.290 e. The first kappa shape index (κ1) is 24.8. The summed E-state index contributed by atoms with van der Waals surface area (Å²) in [7, 11) is 1.54. The molecule has 0 fully saturated rings. The molecule has 184 valence electrons. The largest absolute Gasteiger partial charge is 0.503 e. The van der Waals surface area contributed by atoms with Gasteiger partial charge in [-0.25, -0.2) is 0 Å². The number of aliphatic hydroxyl groups is 1. The molecule has 1 aliphatic heterocycles. The van der Waals surface area contributed by atoms with Gasteiger partial charge in [-0.1, -0.05) is 72.8 Å². The number of allylic oxidation sites excluding steroid dienone is 1. The van der Waals surface area contributed by atoms with Crippen molar-refractivity contribution >= 4 is 17.8 Å². The van der Waals surface area contributed by atoms with E-state index in [-0.39, 0.29) is 5.57 Å². The molecule has 0 spiro atoms. The van der Waals surface area contributed by atoms with Crippen molar-refractivity contribution in [3.8, 4) is 11.5 Å². The van der Waals surface area contributed by atoms with Crippen LogP contribution in [0.25, 0.3) is 6.08 Å². The molecule has 6 nitrogen and oxygen atoms in total. The first-order chi connectivity index (χ1) is 17.5. The van der Waals surface area contributed by atoms with Crippen LogP contribution in [0.2, 0.25) is 0 Å². The lowest BCUT2D eigenvalue weighted by atomic mass is 9.95. The summed E-state index contributed by atoms with van der Waals surface area (Å²) in [5.74, 6) is -0.467. The zero-order valence-corrected chi connectivity index (χ0v) is 20.4. The third kappa shape index (κ3) is 5.33. The first-order valence-corrected chi connectivity index (χ1v) is 11.9. The number of aliphatic hydroxyl groups excluding tert-OH is 1. The number of rotatable bonds is 10. The standard InChI is InChI=1S/C30H29NO5/c1-3-36-25-17-15-23(20-26(25)35-2)28-27(24(32)16-14-21-10-6-4-7-11-21)29(33)30(34)31(28)19-18-22-12-8-5-9-13-22/h4-17,20,28,33H,3,18-19H2,1-2H3/b16-14+. The maximum atomic E-state index is 13.4. The van der Waals surface area contributed by atoms with Crippen molar-refractivity contribution in [2.75, 3.05) is 20.3 Å². The van der Waals surface area contributed by atoms with Gasteiger partial charge in [0.25, 0.3) is 5.91 Å². The van der Waals surface area contributed by atoms with Crippen LogP contribution in [0.4, 0.5) is 0 Å². The number of amides is 1. The van der Waals surface area contributed by atoms with Gasteiger partial charge in [-0.15, -0.1) is 0 Å². The molecule has 1 atom stereocenters. The monoisotopic (exact) mass is 483 g/mol. The molecule has 0 bridgehead atoms. The molecule has 1 unspecified atom stereocenters. The van der Waals surface area contributed by atoms with Gasteiger partial charge in [0.05, 0.1) is 25.3 Å². The summed E-state index contributed by atoms with van der Waals surface area (Å²) in [4.78, 5) is 28.1. The van der Waals surface area contributed by atoms with Crippen LogP contribution >= 0.6 is 0 Å². The number of benzene rings is 3. The Morgan fingerprint density at radius 2 is 1.69 bits per heavy atom. The molecule has 1 aliphatic rings. The van der Waals surface area contributed by atoms with Gasteiger partial charge in [0.2, 0.25) is 0 Å². The Kier molecular flexibility index (Phi) is 7.85. The molecule has 1 N–H and O–H groups in total. The van der Waals surface area contributed by atoms with Gasteiger partial charge < -0.3 is 19.5 Å². The second-order valence-electron chi connectivity index (χ2n) is 8.35. The van der Waals surface area contributed by atoms with E-state index in [1.54, 1.807) is 29.2 Å². The van der Waals surface area contributed by atoms with Crippen LogP contribution in [-0.2, 0) is 16.0 Å². The Labute approximate surface area is 211 Å². The van der Waals surface area contributed by atoms with Gasteiger partial charge in [-0.2, -0.15) is 0 Å². The molecule has 0 radical (unpaired) electrons. The van der Waals surface area contributed by atoms with E-state index in [0.29, 0.717) is 36.6 Å². The number of nitrogens with zero attached hydrogens (tertiary/aromatic N) is 1. The summed E-state index contributed by atoms with van der Waals surface area (Å²) >= 11 is 0. The average Bonchev–Trinajstić information content (AvgIpc) is 3.17. The summed E-state index contributed by atoms with van der Waals surface area (Å²) in [5, 5.41) is 10.9. The van der Waals surface area contributed by atoms with Crippen molar-refractivity contribution in [2.45, 2.75) is 19.4 Å². The van der Waals surface area contributed by atoms with Crippen molar-refractivity contribution in [2.24, 2.45) is 0 Å². The molecule has 1 amide bonds. The van der Waals surface area contributed by atoms with E-state index in [4.69, 9.17) is 9.47 Å². The van der Waals surface area contributed by atoms with Gasteiger partial charge in [0.15, 0.2) is 23.0 Å². The highest BCUT2D eigenvalue weighted by atomic mass is 16.5. The quantitative estimate of drug-likeness (QED) is 0.395. The van der Waals surface area contributed by atoms with Crippen molar-refractivity contribution in [1.29, 1.82) is 0 Å². The highest BCUT2D eigenvalue weighted by Gasteiger charge is 2.42. The number of ether oxygens (including phenoxy) is 2. The topological polar surface area (TPSA) is 76.1 Å². The van der Waals surface area contributed by atoms with E-state index in [0.717, 1.165) is 11.1 Å². The Morgan fingerprint density at radius 3 is 2.36 bits per heavy atom. The second kappa shape index (κ2) is 11.4. The minimum absolute atomic E-state index is 0.0476. The second-order valence-corrected chi connectivity index (χ2v) is 8.35. The van der Waals surface area contributed by atoms with Crippen LogP contribution in [0, 0.1) is 0 Å². The van der Waals surface area contributed by atoms with Gasteiger partial charge in [0, 0.05) is 6.54 Å². The maximum absolute atomic E-state index is 13.4. The van der Waals surface area contributed by atoms with Crippen molar-refractivity contribution < 1.29 is 24.2 Å². The number of carbonyl (C=O) groups is 2. The maximum Gasteiger partial charge on any atom is 0.290 e. The Hall–Kier alpha value is -4.32. The van der Waals surface area contributed by atoms with Crippen molar-refractivity contribution in [3.05, 3.63) is 113 Å². The third-order valence-electron chi connectivity index (χ3n) is 6.08. The fourth-order valence-corrected chi connectivity index (χ4v) is 4.33. The minimum atomic E-state index is -0.765. The summed E-state index contributed by atoms with van der Waals surface area (Å²) in [6.07, 6.45) is 3.65. The molecular weight excluding hydrogens is 454 g/mol. The lowest BCUT2D eigenvalue weighted by Crippen LogP contribution is -2.33. The van der Waals surface area contributed by atoms with Crippen LogP contribution in [-0.4, -0.2) is 42.0 Å². The van der Waals surface area contributed by atoms with E-state index in [1.807, 2.05) is 67.6 Å². The summed E-state index contributed by atoms with van der Waals surface area (Å²) < 4.78 is 11.1.